The molecule has 1 aromatic heterocycles. The van der Waals surface area contributed by atoms with Gasteiger partial charge in [0.25, 0.3) is 0 Å². The lowest BCUT2D eigenvalue weighted by atomic mass is 10.2. The average molecular weight is 190 g/mol. The molecule has 0 aliphatic heterocycles. The molecular formula is C6H8ClN3O2. The fourth-order valence-corrected chi connectivity index (χ4v) is 1.01. The minimum Gasteiger partial charge on any atom is -0.480 e. The Labute approximate surface area is 74.0 Å². The predicted molar refractivity (Wildman–Crippen MR) is 42.0 cm³/mol. The average Bonchev–Trinajstić information content (AvgIpc) is 2.37. The Hall–Kier alpha value is -1.10. The first-order chi connectivity index (χ1) is 5.65. The van der Waals surface area contributed by atoms with Crippen molar-refractivity contribution >= 4 is 17.6 Å². The van der Waals surface area contributed by atoms with E-state index >= 15 is 0 Å². The number of aromatic nitrogens is 3. The van der Waals surface area contributed by atoms with E-state index in [1.165, 1.54) is 11.0 Å². The summed E-state index contributed by atoms with van der Waals surface area (Å²) in [5.41, 5.74) is 0. The summed E-state index contributed by atoms with van der Waals surface area (Å²) in [5.74, 6) is -0.931. The second kappa shape index (κ2) is 3.53. The maximum absolute atomic E-state index is 10.6. The number of hydrogen-bond acceptors (Lipinski definition) is 3. The molecule has 5 nitrogen and oxygen atoms in total. The van der Waals surface area contributed by atoms with Gasteiger partial charge in [0.05, 0.1) is 0 Å². The van der Waals surface area contributed by atoms with Crippen LogP contribution in [0.1, 0.15) is 19.4 Å². The molecule has 0 bridgehead atoms. The highest BCUT2D eigenvalue weighted by atomic mass is 35.5. The van der Waals surface area contributed by atoms with Crippen molar-refractivity contribution in [3.63, 3.8) is 0 Å². The van der Waals surface area contributed by atoms with Gasteiger partial charge in [0.15, 0.2) is 6.04 Å². The van der Waals surface area contributed by atoms with Crippen LogP contribution >= 0.6 is 11.6 Å². The molecule has 0 amide bonds. The van der Waals surface area contributed by atoms with Crippen LogP contribution in [0.3, 0.4) is 0 Å². The zero-order valence-corrected chi connectivity index (χ0v) is 7.19. The van der Waals surface area contributed by atoms with E-state index in [2.05, 4.69) is 10.1 Å². The minimum absolute atomic E-state index is 0.0645. The van der Waals surface area contributed by atoms with Crippen LogP contribution < -0.4 is 0 Å². The lowest BCUT2D eigenvalue weighted by molar-refractivity contribution is -0.141. The number of halogens is 1. The largest absolute Gasteiger partial charge is 0.480 e. The number of nitrogens with zero attached hydrogens (tertiary/aromatic N) is 3. The number of carbonyl (C=O) groups is 1. The highest BCUT2D eigenvalue weighted by Gasteiger charge is 2.18. The summed E-state index contributed by atoms with van der Waals surface area (Å²) >= 11 is 5.43. The lowest BCUT2D eigenvalue weighted by Crippen LogP contribution is -2.18. The maximum Gasteiger partial charge on any atom is 0.328 e. The van der Waals surface area contributed by atoms with Crippen molar-refractivity contribution in [2.45, 2.75) is 19.4 Å². The van der Waals surface area contributed by atoms with Crippen LogP contribution in [0.15, 0.2) is 6.33 Å². The highest BCUT2D eigenvalue weighted by Crippen LogP contribution is 2.10. The van der Waals surface area contributed by atoms with Gasteiger partial charge in [0, 0.05) is 0 Å². The predicted octanol–water partition coefficient (Wildman–Crippen LogP) is 0.967. The van der Waals surface area contributed by atoms with Gasteiger partial charge in [-0.3, -0.25) is 0 Å². The van der Waals surface area contributed by atoms with Crippen LogP contribution in [-0.2, 0) is 4.79 Å². The Morgan fingerprint density at radius 3 is 2.92 bits per heavy atom. The minimum atomic E-state index is -0.931. The molecular weight excluding hydrogens is 182 g/mol. The molecule has 0 fully saturated rings. The van der Waals surface area contributed by atoms with Gasteiger partial charge in [-0.05, 0) is 18.0 Å². The molecule has 0 spiro atoms. The number of carboxylic acid groups (broad SMARTS) is 1. The second-order valence-corrected chi connectivity index (χ2v) is 2.59. The first kappa shape index (κ1) is 8.99. The third-order valence-corrected chi connectivity index (χ3v) is 1.64. The molecule has 66 valence electrons. The van der Waals surface area contributed by atoms with E-state index in [9.17, 15) is 4.79 Å². The summed E-state index contributed by atoms with van der Waals surface area (Å²) in [4.78, 5) is 14.2. The van der Waals surface area contributed by atoms with E-state index in [4.69, 9.17) is 16.7 Å². The van der Waals surface area contributed by atoms with Crippen molar-refractivity contribution in [1.82, 2.24) is 14.8 Å². The Bertz CT molecular complexity index is 286. The van der Waals surface area contributed by atoms with Crippen molar-refractivity contribution in [2.75, 3.05) is 0 Å². The number of rotatable bonds is 3. The standard InChI is InChI=1S/C6H8ClN3O2/c1-2-4(5(11)12)10-3-8-6(7)9-10/h3-4H,2H2,1H3,(H,11,12). The summed E-state index contributed by atoms with van der Waals surface area (Å²) in [6, 6.07) is -0.676. The van der Waals surface area contributed by atoms with Crippen molar-refractivity contribution in [2.24, 2.45) is 0 Å². The smallest absolute Gasteiger partial charge is 0.328 e. The van der Waals surface area contributed by atoms with Gasteiger partial charge >= 0.3 is 5.97 Å². The molecule has 1 N–H and O–H groups in total. The lowest BCUT2D eigenvalue weighted by Gasteiger charge is -2.07. The first-order valence-corrected chi connectivity index (χ1v) is 3.82. The molecule has 6 heteroatoms. The summed E-state index contributed by atoms with van der Waals surface area (Å²) in [6.07, 6.45) is 1.76. The molecule has 0 aliphatic rings. The number of carboxylic acids is 1. The molecule has 0 saturated heterocycles. The van der Waals surface area contributed by atoms with Crippen LogP contribution in [-0.4, -0.2) is 25.8 Å². The van der Waals surface area contributed by atoms with Gasteiger partial charge < -0.3 is 5.11 Å². The van der Waals surface area contributed by atoms with E-state index in [1.54, 1.807) is 6.92 Å². The van der Waals surface area contributed by atoms with Crippen LogP contribution in [0.5, 0.6) is 0 Å². The summed E-state index contributed by atoms with van der Waals surface area (Å²) < 4.78 is 1.24. The van der Waals surface area contributed by atoms with Gasteiger partial charge in [-0.2, -0.15) is 0 Å². The molecule has 1 rings (SSSR count). The molecule has 1 unspecified atom stereocenters. The van der Waals surface area contributed by atoms with Crippen molar-refractivity contribution in [3.8, 4) is 0 Å². The molecule has 0 aliphatic carbocycles. The molecule has 0 aromatic carbocycles. The second-order valence-electron chi connectivity index (χ2n) is 2.26. The fourth-order valence-electron chi connectivity index (χ4n) is 0.879. The van der Waals surface area contributed by atoms with Crippen LogP contribution in [0.2, 0.25) is 5.28 Å². The molecule has 1 heterocycles. The maximum atomic E-state index is 10.6. The monoisotopic (exact) mass is 189 g/mol. The third kappa shape index (κ3) is 1.73. The molecule has 1 aromatic rings. The van der Waals surface area contributed by atoms with E-state index in [0.717, 1.165) is 0 Å². The molecule has 0 saturated carbocycles. The number of hydrogen-bond donors (Lipinski definition) is 1. The Balaban J connectivity index is 2.87. The summed E-state index contributed by atoms with van der Waals surface area (Å²) in [6.45, 7) is 1.76. The zero-order chi connectivity index (χ0) is 9.14. The van der Waals surface area contributed by atoms with Crippen molar-refractivity contribution < 1.29 is 9.90 Å². The van der Waals surface area contributed by atoms with Gasteiger partial charge in [-0.25, -0.2) is 14.5 Å². The van der Waals surface area contributed by atoms with Crippen LogP contribution in [0.25, 0.3) is 0 Å². The van der Waals surface area contributed by atoms with E-state index in [-0.39, 0.29) is 5.28 Å². The van der Waals surface area contributed by atoms with E-state index < -0.39 is 12.0 Å². The van der Waals surface area contributed by atoms with Gasteiger partial charge in [-0.15, -0.1) is 5.10 Å². The van der Waals surface area contributed by atoms with Gasteiger partial charge in [-0.1, -0.05) is 6.92 Å². The molecule has 0 radical (unpaired) electrons. The highest BCUT2D eigenvalue weighted by molar-refractivity contribution is 6.28. The molecule has 12 heavy (non-hydrogen) atoms. The fraction of sp³-hybridized carbons (Fsp3) is 0.500. The van der Waals surface area contributed by atoms with E-state index in [0.29, 0.717) is 6.42 Å². The first-order valence-electron chi connectivity index (χ1n) is 3.44. The van der Waals surface area contributed by atoms with E-state index in [1.807, 2.05) is 0 Å². The summed E-state index contributed by atoms with van der Waals surface area (Å²) in [5, 5.41) is 12.5. The third-order valence-electron chi connectivity index (χ3n) is 1.47. The van der Waals surface area contributed by atoms with Crippen molar-refractivity contribution in [1.29, 1.82) is 0 Å². The summed E-state index contributed by atoms with van der Waals surface area (Å²) in [7, 11) is 0. The Morgan fingerprint density at radius 1 is 1.92 bits per heavy atom. The normalized spacial score (nSPS) is 12.8. The Kier molecular flexibility index (Phi) is 2.65. The quantitative estimate of drug-likeness (QED) is 0.769. The van der Waals surface area contributed by atoms with Crippen LogP contribution in [0.4, 0.5) is 0 Å². The zero-order valence-electron chi connectivity index (χ0n) is 6.44. The SMILES string of the molecule is CCC(C(=O)O)n1cnc(Cl)n1. The van der Waals surface area contributed by atoms with Crippen molar-refractivity contribution in [3.05, 3.63) is 11.6 Å². The topological polar surface area (TPSA) is 68.0 Å². The van der Waals surface area contributed by atoms with Gasteiger partial charge in [0.2, 0.25) is 5.28 Å². The molecule has 1 atom stereocenters. The van der Waals surface area contributed by atoms with Gasteiger partial charge in [0.1, 0.15) is 6.33 Å². The van der Waals surface area contributed by atoms with Crippen LogP contribution in [0, 0.1) is 0 Å². The Morgan fingerprint density at radius 2 is 2.58 bits per heavy atom. The number of aliphatic carboxylic acids is 1.